The van der Waals surface area contributed by atoms with Crippen molar-refractivity contribution in [3.8, 4) is 0 Å². The Morgan fingerprint density at radius 1 is 2.00 bits per heavy atom. The molecule has 0 aliphatic rings. The topological polar surface area (TPSA) is 37.3 Å². The van der Waals surface area contributed by atoms with E-state index in [2.05, 4.69) is 12.6 Å². The molecule has 0 aromatic carbocycles. The Balaban J connectivity index is 3.34. The highest BCUT2D eigenvalue weighted by atomic mass is 127. The molecule has 42 valence electrons. The van der Waals surface area contributed by atoms with Gasteiger partial charge in [-0.2, -0.15) is 12.6 Å². The van der Waals surface area contributed by atoms with E-state index in [1.54, 1.807) is 0 Å². The van der Waals surface area contributed by atoms with Crippen LogP contribution in [0, 0.1) is 0 Å². The van der Waals surface area contributed by atoms with E-state index >= 15 is 0 Å². The molecule has 0 aliphatic heterocycles. The molecule has 7 heavy (non-hydrogen) atoms. The largest absolute Gasteiger partial charge is 0.480 e. The normalized spacial score (nSPS) is 13.4. The number of rotatable bonds is 2. The summed E-state index contributed by atoms with van der Waals surface area (Å²) in [6.07, 6.45) is 0. The molecule has 0 heterocycles. The van der Waals surface area contributed by atoms with Gasteiger partial charge in [0.1, 0.15) is 3.92 Å². The summed E-state index contributed by atoms with van der Waals surface area (Å²) in [6.45, 7) is 0. The smallest absolute Gasteiger partial charge is 0.317 e. The van der Waals surface area contributed by atoms with Crippen LogP contribution >= 0.6 is 35.2 Å². The summed E-state index contributed by atoms with van der Waals surface area (Å²) < 4.78 is -0.346. The van der Waals surface area contributed by atoms with Crippen molar-refractivity contribution in [1.82, 2.24) is 0 Å². The van der Waals surface area contributed by atoms with Crippen LogP contribution < -0.4 is 0 Å². The maximum absolute atomic E-state index is 9.87. The first-order valence-electron chi connectivity index (χ1n) is 1.66. The van der Waals surface area contributed by atoms with Gasteiger partial charge in [-0.05, 0) is 0 Å². The van der Waals surface area contributed by atoms with E-state index in [0.29, 0.717) is 5.75 Å². The minimum Gasteiger partial charge on any atom is -0.480 e. The highest BCUT2D eigenvalue weighted by Crippen LogP contribution is 2.00. The van der Waals surface area contributed by atoms with Crippen LogP contribution in [0.3, 0.4) is 0 Å². The van der Waals surface area contributed by atoms with E-state index in [1.807, 2.05) is 22.6 Å². The number of carboxylic acid groups (broad SMARTS) is 1. The molecule has 0 saturated heterocycles. The molecule has 0 radical (unpaired) electrons. The van der Waals surface area contributed by atoms with Gasteiger partial charge in [0.25, 0.3) is 0 Å². The van der Waals surface area contributed by atoms with Gasteiger partial charge in [-0.3, -0.25) is 4.79 Å². The number of hydrogen-bond acceptors (Lipinski definition) is 2. The first kappa shape index (κ1) is 7.55. The molecule has 0 unspecified atom stereocenters. The monoisotopic (exact) mass is 232 g/mol. The number of carbonyl (C=O) groups is 1. The highest BCUT2D eigenvalue weighted by molar-refractivity contribution is 14.1. The molecule has 0 amide bonds. The van der Waals surface area contributed by atoms with E-state index in [-0.39, 0.29) is 3.92 Å². The van der Waals surface area contributed by atoms with Gasteiger partial charge in [0.05, 0.1) is 0 Å². The molecular formula is C3H5IO2S. The van der Waals surface area contributed by atoms with Gasteiger partial charge in [0.15, 0.2) is 0 Å². The number of thiol groups is 1. The molecule has 0 fully saturated rings. The van der Waals surface area contributed by atoms with Gasteiger partial charge in [-0.1, -0.05) is 22.6 Å². The van der Waals surface area contributed by atoms with Gasteiger partial charge < -0.3 is 5.11 Å². The molecule has 0 aliphatic carbocycles. The predicted octanol–water partition coefficient (Wildman–Crippen LogP) is 0.804. The maximum atomic E-state index is 9.87. The fraction of sp³-hybridized carbons (Fsp3) is 0.667. The van der Waals surface area contributed by atoms with Crippen LogP contribution in [0.25, 0.3) is 0 Å². The van der Waals surface area contributed by atoms with Gasteiger partial charge in [0.2, 0.25) is 0 Å². The summed E-state index contributed by atoms with van der Waals surface area (Å²) in [5, 5.41) is 8.13. The van der Waals surface area contributed by atoms with Gasteiger partial charge >= 0.3 is 5.97 Å². The third-order valence-corrected chi connectivity index (χ3v) is 2.46. The van der Waals surface area contributed by atoms with Crippen molar-refractivity contribution < 1.29 is 9.90 Å². The molecule has 0 saturated carbocycles. The van der Waals surface area contributed by atoms with Gasteiger partial charge in [-0.15, -0.1) is 0 Å². The molecule has 0 aromatic rings. The molecular weight excluding hydrogens is 227 g/mol. The van der Waals surface area contributed by atoms with Crippen LogP contribution in [0.2, 0.25) is 0 Å². The average Bonchev–Trinajstić information content (AvgIpc) is 1.65. The summed E-state index contributed by atoms with van der Waals surface area (Å²) in [7, 11) is 0. The Labute approximate surface area is 60.8 Å². The van der Waals surface area contributed by atoms with E-state index in [9.17, 15) is 4.79 Å². The number of carboxylic acids is 1. The van der Waals surface area contributed by atoms with Crippen LogP contribution in [0.4, 0.5) is 0 Å². The third-order valence-electron chi connectivity index (χ3n) is 0.428. The van der Waals surface area contributed by atoms with Crippen LogP contribution in [-0.2, 0) is 4.79 Å². The first-order valence-corrected chi connectivity index (χ1v) is 3.54. The Morgan fingerprint density at radius 3 is 2.43 bits per heavy atom. The van der Waals surface area contributed by atoms with Crippen molar-refractivity contribution in [1.29, 1.82) is 0 Å². The van der Waals surface area contributed by atoms with Crippen LogP contribution in [0.5, 0.6) is 0 Å². The predicted molar refractivity (Wildman–Crippen MR) is 39.3 cm³/mol. The number of halogens is 1. The molecule has 0 aromatic heterocycles. The summed E-state index contributed by atoms with van der Waals surface area (Å²) in [5.41, 5.74) is 0. The highest BCUT2D eigenvalue weighted by Gasteiger charge is 2.08. The molecule has 0 spiro atoms. The van der Waals surface area contributed by atoms with Crippen molar-refractivity contribution in [2.75, 3.05) is 5.75 Å². The number of hydrogen-bond donors (Lipinski definition) is 2. The lowest BCUT2D eigenvalue weighted by Crippen LogP contribution is -2.13. The quantitative estimate of drug-likeness (QED) is 0.420. The van der Waals surface area contributed by atoms with E-state index in [4.69, 9.17) is 5.11 Å². The Bertz CT molecular complexity index is 75.3. The van der Waals surface area contributed by atoms with Gasteiger partial charge in [0, 0.05) is 5.75 Å². The standard InChI is InChI=1S/C3H5IO2S/c4-2(1-7)3(5)6/h2,7H,1H2,(H,5,6)/t2-/m0/s1. The summed E-state index contributed by atoms with van der Waals surface area (Å²) in [4.78, 5) is 9.87. The first-order chi connectivity index (χ1) is 3.18. The van der Waals surface area contributed by atoms with E-state index in [1.165, 1.54) is 0 Å². The Morgan fingerprint density at radius 2 is 2.43 bits per heavy atom. The van der Waals surface area contributed by atoms with Crippen LogP contribution in [0.1, 0.15) is 0 Å². The van der Waals surface area contributed by atoms with Crippen LogP contribution in [-0.4, -0.2) is 20.8 Å². The molecule has 0 bridgehead atoms. The molecule has 2 nitrogen and oxygen atoms in total. The lowest BCUT2D eigenvalue weighted by atomic mass is 10.5. The minimum atomic E-state index is -0.796. The van der Waals surface area contributed by atoms with Crippen molar-refractivity contribution in [2.45, 2.75) is 3.92 Å². The van der Waals surface area contributed by atoms with E-state index in [0.717, 1.165) is 0 Å². The van der Waals surface area contributed by atoms with E-state index < -0.39 is 5.97 Å². The third kappa shape index (κ3) is 3.16. The summed E-state index contributed by atoms with van der Waals surface area (Å²) in [6, 6.07) is 0. The molecule has 0 rings (SSSR count). The Hall–Kier alpha value is 0.550. The number of alkyl halides is 1. The molecule has 1 N–H and O–H groups in total. The second kappa shape index (κ2) is 3.54. The molecule has 1 atom stereocenters. The second-order valence-electron chi connectivity index (χ2n) is 0.988. The fourth-order valence-electron chi connectivity index (χ4n) is 0.0781. The second-order valence-corrected chi connectivity index (χ2v) is 2.86. The van der Waals surface area contributed by atoms with Crippen molar-refractivity contribution >= 4 is 41.2 Å². The minimum absolute atomic E-state index is 0.346. The zero-order valence-corrected chi connectivity index (χ0v) is 6.52. The maximum Gasteiger partial charge on any atom is 0.317 e. The average molecular weight is 232 g/mol. The van der Waals surface area contributed by atoms with Crippen LogP contribution in [0.15, 0.2) is 0 Å². The van der Waals surface area contributed by atoms with Crippen molar-refractivity contribution in [3.05, 3.63) is 0 Å². The van der Waals surface area contributed by atoms with Gasteiger partial charge in [-0.25, -0.2) is 0 Å². The van der Waals surface area contributed by atoms with Crippen molar-refractivity contribution in [2.24, 2.45) is 0 Å². The zero-order valence-electron chi connectivity index (χ0n) is 3.47. The molecule has 4 heteroatoms. The Kier molecular flexibility index (Phi) is 3.82. The lowest BCUT2D eigenvalue weighted by Gasteiger charge is -1.93. The van der Waals surface area contributed by atoms with Crippen molar-refractivity contribution in [3.63, 3.8) is 0 Å². The zero-order chi connectivity index (χ0) is 5.86. The fourth-order valence-corrected chi connectivity index (χ4v) is 0.234. The SMILES string of the molecule is O=C(O)[C@@H](I)CS. The number of aliphatic carboxylic acids is 1. The summed E-state index contributed by atoms with van der Waals surface area (Å²) >= 11 is 5.59. The summed E-state index contributed by atoms with van der Waals surface area (Å²) in [5.74, 6) is -0.397. The lowest BCUT2D eigenvalue weighted by molar-refractivity contribution is -0.135.